The molecule has 0 saturated heterocycles. The molecule has 0 aromatic carbocycles. The van der Waals surface area contributed by atoms with Crippen LogP contribution in [0, 0.1) is 0 Å². The van der Waals surface area contributed by atoms with E-state index in [2.05, 4.69) is 10.1 Å². The van der Waals surface area contributed by atoms with Crippen molar-refractivity contribution in [3.63, 3.8) is 0 Å². The van der Waals surface area contributed by atoms with Crippen LogP contribution in [0.15, 0.2) is 35.1 Å². The molecule has 10 nitrogen and oxygen atoms in total. The summed E-state index contributed by atoms with van der Waals surface area (Å²) in [5, 5.41) is 3.43. The Kier molecular flexibility index (Phi) is 6.39. The maximum absolute atomic E-state index is 12.3. The standard InChI is InChI=1S/C14H15F2N5O5S/c1-2-27(24,25)21(9-4-3-5-17-7-9)8-10-6-11(20-26-10)13(22)18-19-14(23)12(15)16/h3-7,12H,2,8H2,1H3,(H,18,22)(H,19,23). The van der Waals surface area contributed by atoms with Gasteiger partial charge >= 0.3 is 12.3 Å². The average molecular weight is 403 g/mol. The second-order valence-electron chi connectivity index (χ2n) is 5.04. The van der Waals surface area contributed by atoms with Gasteiger partial charge in [0.1, 0.15) is 0 Å². The molecule has 2 heterocycles. The van der Waals surface area contributed by atoms with E-state index in [1.54, 1.807) is 11.5 Å². The number of rotatable bonds is 7. The number of nitrogens with zero attached hydrogens (tertiary/aromatic N) is 3. The zero-order valence-electron chi connectivity index (χ0n) is 13.9. The number of carbonyl (C=O) groups is 2. The summed E-state index contributed by atoms with van der Waals surface area (Å²) in [6.45, 7) is 1.19. The Morgan fingerprint density at radius 1 is 1.33 bits per heavy atom. The van der Waals surface area contributed by atoms with Gasteiger partial charge in [0.2, 0.25) is 10.0 Å². The van der Waals surface area contributed by atoms with Gasteiger partial charge in [0.05, 0.1) is 24.2 Å². The number of pyridine rings is 1. The van der Waals surface area contributed by atoms with Crippen molar-refractivity contribution in [1.82, 2.24) is 21.0 Å². The molecule has 146 valence electrons. The third-order valence-corrected chi connectivity index (χ3v) is 4.96. The Balaban J connectivity index is 2.14. The molecular weight excluding hydrogens is 388 g/mol. The van der Waals surface area contributed by atoms with Crippen LogP contribution in [0.2, 0.25) is 0 Å². The second kappa shape index (κ2) is 8.53. The Hall–Kier alpha value is -3.09. The summed E-state index contributed by atoms with van der Waals surface area (Å²) in [4.78, 5) is 26.4. The number of hydrogen-bond donors (Lipinski definition) is 2. The van der Waals surface area contributed by atoms with Crippen LogP contribution in [0.4, 0.5) is 14.5 Å². The minimum Gasteiger partial charge on any atom is -0.359 e. The first-order valence-electron chi connectivity index (χ1n) is 7.49. The summed E-state index contributed by atoms with van der Waals surface area (Å²) in [5.74, 6) is -2.88. The quantitative estimate of drug-likeness (QED) is 0.641. The van der Waals surface area contributed by atoms with Crippen molar-refractivity contribution in [1.29, 1.82) is 0 Å². The van der Waals surface area contributed by atoms with E-state index >= 15 is 0 Å². The Morgan fingerprint density at radius 3 is 2.67 bits per heavy atom. The summed E-state index contributed by atoms with van der Waals surface area (Å²) in [7, 11) is -3.69. The van der Waals surface area contributed by atoms with Gasteiger partial charge in [0.25, 0.3) is 5.91 Å². The third-order valence-electron chi connectivity index (χ3n) is 3.22. The number of carbonyl (C=O) groups excluding carboxylic acids is 2. The van der Waals surface area contributed by atoms with Crippen LogP contribution in [-0.4, -0.2) is 42.6 Å². The number of amides is 2. The van der Waals surface area contributed by atoms with E-state index < -0.39 is 28.3 Å². The van der Waals surface area contributed by atoms with E-state index in [1.807, 2.05) is 0 Å². The molecular formula is C14H15F2N5O5S. The monoisotopic (exact) mass is 403 g/mol. The van der Waals surface area contributed by atoms with Gasteiger partial charge in [-0.25, -0.2) is 8.42 Å². The molecule has 2 amide bonds. The number of halogens is 2. The largest absolute Gasteiger partial charge is 0.359 e. The summed E-state index contributed by atoms with van der Waals surface area (Å²) in [6.07, 6.45) is -0.479. The van der Waals surface area contributed by atoms with Crippen LogP contribution in [0.1, 0.15) is 23.2 Å². The van der Waals surface area contributed by atoms with Crippen molar-refractivity contribution >= 4 is 27.5 Å². The zero-order chi connectivity index (χ0) is 20.0. The molecule has 0 fully saturated rings. The number of hydrogen-bond acceptors (Lipinski definition) is 7. The molecule has 2 aromatic rings. The van der Waals surface area contributed by atoms with Crippen LogP contribution < -0.4 is 15.2 Å². The van der Waals surface area contributed by atoms with Gasteiger partial charge in [-0.15, -0.1) is 0 Å². The highest BCUT2D eigenvalue weighted by atomic mass is 32.2. The van der Waals surface area contributed by atoms with Crippen LogP contribution >= 0.6 is 0 Å². The molecule has 0 atom stereocenters. The van der Waals surface area contributed by atoms with Crippen LogP contribution in [0.3, 0.4) is 0 Å². The van der Waals surface area contributed by atoms with Gasteiger partial charge in [0.15, 0.2) is 11.5 Å². The van der Waals surface area contributed by atoms with E-state index in [0.29, 0.717) is 0 Å². The molecule has 13 heteroatoms. The van der Waals surface area contributed by atoms with Crippen molar-refractivity contribution in [3.8, 4) is 0 Å². The Labute approximate surface area is 152 Å². The molecule has 0 aliphatic rings. The number of sulfonamides is 1. The molecule has 0 unspecified atom stereocenters. The number of nitrogens with one attached hydrogen (secondary N) is 2. The van der Waals surface area contributed by atoms with Crippen molar-refractivity contribution in [2.45, 2.75) is 19.9 Å². The predicted octanol–water partition coefficient (Wildman–Crippen LogP) is 0.452. The smallest absolute Gasteiger partial charge is 0.317 e. The van der Waals surface area contributed by atoms with E-state index in [9.17, 15) is 26.8 Å². The minimum absolute atomic E-state index is 0.0150. The van der Waals surface area contributed by atoms with E-state index in [4.69, 9.17) is 4.52 Å². The average Bonchev–Trinajstić information content (AvgIpc) is 3.13. The van der Waals surface area contributed by atoms with Crippen LogP contribution in [0.25, 0.3) is 0 Å². The summed E-state index contributed by atoms with van der Waals surface area (Å²) >= 11 is 0. The lowest BCUT2D eigenvalue weighted by atomic mass is 10.3. The number of hydrazine groups is 1. The molecule has 0 aliphatic heterocycles. The Morgan fingerprint density at radius 2 is 2.07 bits per heavy atom. The number of aromatic nitrogens is 2. The molecule has 2 rings (SSSR count). The fourth-order valence-electron chi connectivity index (χ4n) is 1.88. The molecule has 0 aliphatic carbocycles. The van der Waals surface area contributed by atoms with E-state index in [-0.39, 0.29) is 29.4 Å². The highest BCUT2D eigenvalue weighted by molar-refractivity contribution is 7.92. The summed E-state index contributed by atoms with van der Waals surface area (Å²) < 4.78 is 54.8. The maximum atomic E-state index is 12.3. The van der Waals surface area contributed by atoms with Crippen LogP contribution in [-0.2, 0) is 21.4 Å². The van der Waals surface area contributed by atoms with Crippen molar-refractivity contribution in [3.05, 3.63) is 42.0 Å². The lowest BCUT2D eigenvalue weighted by Crippen LogP contribution is -2.44. The highest BCUT2D eigenvalue weighted by Gasteiger charge is 2.24. The van der Waals surface area contributed by atoms with Crippen molar-refractivity contribution in [2.24, 2.45) is 0 Å². The first-order chi connectivity index (χ1) is 12.7. The van der Waals surface area contributed by atoms with E-state index in [0.717, 1.165) is 10.4 Å². The normalized spacial score (nSPS) is 11.3. The van der Waals surface area contributed by atoms with E-state index in [1.165, 1.54) is 30.8 Å². The molecule has 2 aromatic heterocycles. The molecule has 0 bridgehead atoms. The fraction of sp³-hybridized carbons (Fsp3) is 0.286. The Bertz CT molecular complexity index is 904. The van der Waals surface area contributed by atoms with Crippen molar-refractivity contribution in [2.75, 3.05) is 10.1 Å². The van der Waals surface area contributed by atoms with Gasteiger partial charge in [0, 0.05) is 12.3 Å². The SMILES string of the molecule is CCS(=O)(=O)N(Cc1cc(C(=O)NNC(=O)C(F)F)no1)c1cccnc1. The molecule has 27 heavy (non-hydrogen) atoms. The zero-order valence-corrected chi connectivity index (χ0v) is 14.7. The topological polar surface area (TPSA) is 134 Å². The van der Waals surface area contributed by atoms with Gasteiger partial charge in [-0.05, 0) is 19.1 Å². The van der Waals surface area contributed by atoms with Crippen LogP contribution in [0.5, 0.6) is 0 Å². The fourth-order valence-corrected chi connectivity index (χ4v) is 2.95. The lowest BCUT2D eigenvalue weighted by molar-refractivity contribution is -0.132. The first kappa shape index (κ1) is 20.2. The highest BCUT2D eigenvalue weighted by Crippen LogP contribution is 2.20. The number of alkyl halides is 2. The van der Waals surface area contributed by atoms with Gasteiger partial charge in [-0.2, -0.15) is 8.78 Å². The van der Waals surface area contributed by atoms with Gasteiger partial charge in [-0.3, -0.25) is 29.7 Å². The van der Waals surface area contributed by atoms with Crippen molar-refractivity contribution < 1.29 is 31.3 Å². The summed E-state index contributed by atoms with van der Waals surface area (Å²) in [5.41, 5.74) is 3.19. The molecule has 2 N–H and O–H groups in total. The lowest BCUT2D eigenvalue weighted by Gasteiger charge is -2.21. The van der Waals surface area contributed by atoms with Gasteiger partial charge in [-0.1, -0.05) is 5.16 Å². The molecule has 0 saturated carbocycles. The molecule has 0 spiro atoms. The van der Waals surface area contributed by atoms with Gasteiger partial charge < -0.3 is 4.52 Å². The molecule has 0 radical (unpaired) electrons. The predicted molar refractivity (Wildman–Crippen MR) is 88.0 cm³/mol. The summed E-state index contributed by atoms with van der Waals surface area (Å²) in [6, 6.07) is 4.21. The second-order valence-corrected chi connectivity index (χ2v) is 7.22. The minimum atomic E-state index is -3.69. The third kappa shape index (κ3) is 5.20. The first-order valence-corrected chi connectivity index (χ1v) is 9.10. The number of anilines is 1. The maximum Gasteiger partial charge on any atom is 0.317 e.